The summed E-state index contributed by atoms with van der Waals surface area (Å²) in [5.74, 6) is 0.339. The number of benzene rings is 3. The van der Waals surface area contributed by atoms with Gasteiger partial charge in [0.2, 0.25) is 5.76 Å². The van der Waals surface area contributed by atoms with Crippen LogP contribution in [0.15, 0.2) is 82.0 Å². The summed E-state index contributed by atoms with van der Waals surface area (Å²) < 4.78 is 12.2. The Balaban J connectivity index is 1.50. The predicted molar refractivity (Wildman–Crippen MR) is 145 cm³/mol. The largest absolute Gasteiger partial charge is 0.489 e. The first-order chi connectivity index (χ1) is 17.9. The first kappa shape index (κ1) is 23.2. The number of nitrogens with zero attached hydrogens (tertiary/aromatic N) is 2. The van der Waals surface area contributed by atoms with Gasteiger partial charge >= 0.3 is 0 Å². The summed E-state index contributed by atoms with van der Waals surface area (Å²) >= 11 is 1.43. The van der Waals surface area contributed by atoms with Gasteiger partial charge in [-0.15, -0.1) is 11.3 Å². The smallest absolute Gasteiger partial charge is 0.297 e. The molecule has 6 nitrogen and oxygen atoms in total. The van der Waals surface area contributed by atoms with Crippen LogP contribution in [0.25, 0.3) is 11.0 Å². The molecular weight excluding hydrogens is 484 g/mol. The van der Waals surface area contributed by atoms with E-state index in [1.54, 1.807) is 11.0 Å². The van der Waals surface area contributed by atoms with Gasteiger partial charge in [-0.2, -0.15) is 0 Å². The molecule has 37 heavy (non-hydrogen) atoms. The second-order valence-corrected chi connectivity index (χ2v) is 10.4. The SMILES string of the molecule is Cc1ccc2oc3c(c(=O)c2c1)C(c1cccc(OCc2ccccc2)c1)N(c1nc(C)c(C)s1)C3=O. The summed E-state index contributed by atoms with van der Waals surface area (Å²) in [6.07, 6.45) is 0. The Hall–Kier alpha value is -4.23. The maximum Gasteiger partial charge on any atom is 0.297 e. The van der Waals surface area contributed by atoms with Gasteiger partial charge in [-0.3, -0.25) is 14.5 Å². The zero-order valence-electron chi connectivity index (χ0n) is 20.6. The molecule has 2 aromatic heterocycles. The molecule has 3 heterocycles. The molecule has 1 unspecified atom stereocenters. The number of hydrogen-bond acceptors (Lipinski definition) is 6. The van der Waals surface area contributed by atoms with Crippen molar-refractivity contribution in [3.8, 4) is 5.75 Å². The third kappa shape index (κ3) is 4.01. The number of thiazole rings is 1. The zero-order valence-corrected chi connectivity index (χ0v) is 21.5. The highest BCUT2D eigenvalue weighted by Gasteiger charge is 2.45. The quantitative estimate of drug-likeness (QED) is 0.271. The highest BCUT2D eigenvalue weighted by Crippen LogP contribution is 2.43. The van der Waals surface area contributed by atoms with Crippen molar-refractivity contribution < 1.29 is 13.9 Å². The highest BCUT2D eigenvalue weighted by atomic mass is 32.1. The molecule has 7 heteroatoms. The van der Waals surface area contributed by atoms with Crippen LogP contribution in [0.2, 0.25) is 0 Å². The molecule has 0 spiro atoms. The fraction of sp³-hybridized carbons (Fsp3) is 0.167. The van der Waals surface area contributed by atoms with Gasteiger partial charge in [0.15, 0.2) is 10.6 Å². The van der Waals surface area contributed by atoms with Gasteiger partial charge in [-0.25, -0.2) is 4.98 Å². The molecule has 0 aliphatic carbocycles. The first-order valence-corrected chi connectivity index (χ1v) is 12.8. The summed E-state index contributed by atoms with van der Waals surface area (Å²) in [5.41, 5.74) is 4.11. The monoisotopic (exact) mass is 508 g/mol. The van der Waals surface area contributed by atoms with Crippen LogP contribution in [0.3, 0.4) is 0 Å². The van der Waals surface area contributed by atoms with Crippen LogP contribution >= 0.6 is 11.3 Å². The van der Waals surface area contributed by atoms with Crippen LogP contribution in [0.1, 0.15) is 49.4 Å². The molecule has 0 radical (unpaired) electrons. The van der Waals surface area contributed by atoms with Crippen LogP contribution in [-0.4, -0.2) is 10.9 Å². The van der Waals surface area contributed by atoms with Crippen molar-refractivity contribution >= 4 is 33.3 Å². The number of ether oxygens (including phenoxy) is 1. The fourth-order valence-electron chi connectivity index (χ4n) is 4.67. The van der Waals surface area contributed by atoms with Crippen molar-refractivity contribution in [2.45, 2.75) is 33.4 Å². The van der Waals surface area contributed by atoms with Crippen molar-refractivity contribution in [1.29, 1.82) is 0 Å². The number of rotatable bonds is 5. The molecule has 1 aliphatic rings. The molecule has 1 atom stereocenters. The van der Waals surface area contributed by atoms with Crippen LogP contribution < -0.4 is 15.1 Å². The maximum absolute atomic E-state index is 13.9. The zero-order chi connectivity index (χ0) is 25.7. The number of carbonyl (C=O) groups excluding carboxylic acids is 1. The van der Waals surface area contributed by atoms with Crippen molar-refractivity contribution in [3.05, 3.63) is 122 Å². The Morgan fingerprint density at radius 1 is 0.973 bits per heavy atom. The van der Waals surface area contributed by atoms with E-state index in [2.05, 4.69) is 4.98 Å². The van der Waals surface area contributed by atoms with Crippen molar-refractivity contribution in [2.75, 3.05) is 4.90 Å². The highest BCUT2D eigenvalue weighted by molar-refractivity contribution is 7.15. The number of hydrogen-bond donors (Lipinski definition) is 0. The van der Waals surface area contributed by atoms with Gasteiger partial charge in [0.05, 0.1) is 22.7 Å². The second kappa shape index (κ2) is 9.01. The fourth-order valence-corrected chi connectivity index (χ4v) is 5.61. The number of anilines is 1. The van der Waals surface area contributed by atoms with Crippen molar-refractivity contribution in [2.24, 2.45) is 0 Å². The number of aryl methyl sites for hydroxylation is 3. The lowest BCUT2D eigenvalue weighted by atomic mass is 9.98. The Morgan fingerprint density at radius 3 is 2.54 bits per heavy atom. The molecule has 0 bridgehead atoms. The van der Waals surface area contributed by atoms with E-state index in [-0.39, 0.29) is 17.1 Å². The minimum absolute atomic E-state index is 0.0625. The molecule has 0 saturated carbocycles. The Morgan fingerprint density at radius 2 is 1.78 bits per heavy atom. The molecule has 184 valence electrons. The number of amides is 1. The van der Waals surface area contributed by atoms with E-state index in [0.29, 0.717) is 34.0 Å². The van der Waals surface area contributed by atoms with E-state index in [4.69, 9.17) is 9.15 Å². The summed E-state index contributed by atoms with van der Waals surface area (Å²) in [4.78, 5) is 34.9. The third-order valence-electron chi connectivity index (χ3n) is 6.67. The van der Waals surface area contributed by atoms with Crippen molar-refractivity contribution in [1.82, 2.24) is 4.98 Å². The van der Waals surface area contributed by atoms with Gasteiger partial charge in [0.1, 0.15) is 17.9 Å². The van der Waals surface area contributed by atoms with Gasteiger partial charge in [0, 0.05) is 4.88 Å². The summed E-state index contributed by atoms with van der Waals surface area (Å²) in [6, 6.07) is 22.2. The lowest BCUT2D eigenvalue weighted by Crippen LogP contribution is -2.29. The molecule has 1 amide bonds. The molecule has 0 N–H and O–H groups in total. The number of aromatic nitrogens is 1. The minimum atomic E-state index is -0.686. The van der Waals surface area contributed by atoms with Gasteiger partial charge in [-0.05, 0) is 56.2 Å². The van der Waals surface area contributed by atoms with Crippen LogP contribution in [-0.2, 0) is 6.61 Å². The third-order valence-corrected chi connectivity index (χ3v) is 7.74. The van der Waals surface area contributed by atoms with Crippen LogP contribution in [0.4, 0.5) is 5.13 Å². The van der Waals surface area contributed by atoms with Gasteiger partial charge < -0.3 is 9.15 Å². The van der Waals surface area contributed by atoms with Crippen molar-refractivity contribution in [3.63, 3.8) is 0 Å². The van der Waals surface area contributed by atoms with E-state index < -0.39 is 6.04 Å². The first-order valence-electron chi connectivity index (χ1n) is 12.0. The Kier molecular flexibility index (Phi) is 5.65. The normalized spacial score (nSPS) is 14.8. The summed E-state index contributed by atoms with van der Waals surface area (Å²) in [7, 11) is 0. The molecule has 0 fully saturated rings. The standard InChI is InChI=1S/C30H24N2O4S/c1-17-12-13-24-23(14-17)27(33)25-26(32(29(34)28(25)36-24)30-31-18(2)19(3)37-30)21-10-7-11-22(15-21)35-16-20-8-5-4-6-9-20/h4-15,26H,16H2,1-3H3. The van der Waals surface area contributed by atoms with E-state index in [1.165, 1.54) is 11.3 Å². The van der Waals surface area contributed by atoms with Crippen LogP contribution in [0, 0.1) is 20.8 Å². The van der Waals surface area contributed by atoms with E-state index in [1.807, 2.05) is 87.5 Å². The van der Waals surface area contributed by atoms with E-state index in [0.717, 1.165) is 27.3 Å². The maximum atomic E-state index is 13.9. The topological polar surface area (TPSA) is 72.6 Å². The molecule has 6 rings (SSSR count). The molecular formula is C30H24N2O4S. The average molecular weight is 509 g/mol. The van der Waals surface area contributed by atoms with E-state index in [9.17, 15) is 9.59 Å². The minimum Gasteiger partial charge on any atom is -0.489 e. The summed E-state index contributed by atoms with van der Waals surface area (Å²) in [6.45, 7) is 6.22. The average Bonchev–Trinajstić information content (AvgIpc) is 3.39. The number of carbonyl (C=O) groups is 1. The Bertz CT molecular complexity index is 1700. The second-order valence-electron chi connectivity index (χ2n) is 9.24. The molecule has 3 aromatic carbocycles. The number of fused-ring (bicyclic) bond motifs is 2. The van der Waals surface area contributed by atoms with Crippen LogP contribution in [0.5, 0.6) is 5.75 Å². The molecule has 0 saturated heterocycles. The molecule has 5 aromatic rings. The van der Waals surface area contributed by atoms with Gasteiger partial charge in [-0.1, -0.05) is 54.1 Å². The lowest BCUT2D eigenvalue weighted by Gasteiger charge is -2.23. The van der Waals surface area contributed by atoms with E-state index >= 15 is 0 Å². The Labute approximate surface area is 217 Å². The lowest BCUT2D eigenvalue weighted by molar-refractivity contribution is 0.0971. The molecule has 1 aliphatic heterocycles. The van der Waals surface area contributed by atoms with Gasteiger partial charge in [0.25, 0.3) is 5.91 Å². The summed E-state index contributed by atoms with van der Waals surface area (Å²) in [5, 5.41) is 0.994. The predicted octanol–water partition coefficient (Wildman–Crippen LogP) is 6.50.